The van der Waals surface area contributed by atoms with E-state index in [2.05, 4.69) is 29.9 Å². The fraction of sp³-hybridized carbons (Fsp3) is 0. The van der Waals surface area contributed by atoms with Crippen molar-refractivity contribution in [3.8, 4) is 0 Å². The van der Waals surface area contributed by atoms with E-state index in [9.17, 15) is 19.2 Å². The van der Waals surface area contributed by atoms with Gasteiger partial charge in [-0.1, -0.05) is 12.1 Å². The number of nitrogens with one attached hydrogen (secondary N) is 4. The monoisotopic (exact) mass is 326 g/mol. The highest BCUT2D eigenvalue weighted by Crippen LogP contribution is 1.93. The third kappa shape index (κ3) is 3.32. The molecule has 0 amide bonds. The molecule has 24 heavy (non-hydrogen) atoms. The lowest BCUT2D eigenvalue weighted by Crippen LogP contribution is -2.28. The van der Waals surface area contributed by atoms with Crippen LogP contribution in [0.3, 0.4) is 0 Å². The molecule has 0 atom stereocenters. The number of hydrogen-bond donors (Lipinski definition) is 4. The van der Waals surface area contributed by atoms with Gasteiger partial charge in [0.1, 0.15) is 22.6 Å². The fourth-order valence-electron chi connectivity index (χ4n) is 1.84. The van der Waals surface area contributed by atoms with Crippen LogP contribution in [0.5, 0.6) is 0 Å². The molecule has 0 fully saturated rings. The SMILES string of the molecule is O=c1[nH]c2cccc(n2)[nH]c(=O)c(=O)[nH]c2cccc(n2)[nH]c1=O. The first-order valence-electron chi connectivity index (χ1n) is 6.70. The van der Waals surface area contributed by atoms with Gasteiger partial charge in [0.25, 0.3) is 0 Å². The Morgan fingerprint density at radius 3 is 1.00 bits per heavy atom. The Kier molecular flexibility index (Phi) is 3.85. The van der Waals surface area contributed by atoms with Crippen molar-refractivity contribution in [1.29, 1.82) is 0 Å². The normalized spacial score (nSPS) is 10.3. The van der Waals surface area contributed by atoms with E-state index in [1.165, 1.54) is 36.4 Å². The van der Waals surface area contributed by atoms with Crippen molar-refractivity contribution in [2.45, 2.75) is 0 Å². The summed E-state index contributed by atoms with van der Waals surface area (Å²) in [5, 5.41) is 0. The molecule has 3 rings (SSSR count). The molecule has 4 bridgehead atoms. The second-order valence-corrected chi connectivity index (χ2v) is 4.63. The van der Waals surface area contributed by atoms with Crippen LogP contribution in [0.1, 0.15) is 0 Å². The van der Waals surface area contributed by atoms with Gasteiger partial charge in [0.15, 0.2) is 0 Å². The third-order valence-corrected chi connectivity index (χ3v) is 2.88. The van der Waals surface area contributed by atoms with Crippen molar-refractivity contribution < 1.29 is 0 Å². The summed E-state index contributed by atoms with van der Waals surface area (Å²) in [5.41, 5.74) is -3.70. The van der Waals surface area contributed by atoms with Crippen LogP contribution in [0.2, 0.25) is 0 Å². The van der Waals surface area contributed by atoms with Crippen LogP contribution in [-0.4, -0.2) is 29.9 Å². The molecule has 3 heterocycles. The summed E-state index contributed by atoms with van der Waals surface area (Å²) in [6.45, 7) is 0. The van der Waals surface area contributed by atoms with E-state index in [4.69, 9.17) is 0 Å². The minimum atomic E-state index is -0.959. The van der Waals surface area contributed by atoms with E-state index >= 15 is 0 Å². The number of rotatable bonds is 0. The van der Waals surface area contributed by atoms with E-state index in [0.29, 0.717) is 0 Å². The van der Waals surface area contributed by atoms with Gasteiger partial charge in [-0.05, 0) is 24.3 Å². The Morgan fingerprint density at radius 1 is 0.500 bits per heavy atom. The smallest absolute Gasteiger partial charge is 0.302 e. The van der Waals surface area contributed by atoms with Gasteiger partial charge in [-0.25, -0.2) is 9.97 Å². The number of fused-ring (bicyclic) bond motifs is 4. The Labute approximate surface area is 131 Å². The summed E-state index contributed by atoms with van der Waals surface area (Å²) in [6, 6.07) is 8.67. The van der Waals surface area contributed by atoms with Gasteiger partial charge in [-0.3, -0.25) is 19.2 Å². The minimum absolute atomic E-state index is 0.0344. The lowest BCUT2D eigenvalue weighted by molar-refractivity contribution is 1.10. The summed E-state index contributed by atoms with van der Waals surface area (Å²) < 4.78 is 0. The molecule has 10 heteroatoms. The first kappa shape index (κ1) is 15.1. The first-order chi connectivity index (χ1) is 11.5. The van der Waals surface area contributed by atoms with E-state index in [1.54, 1.807) is 0 Å². The molecule has 0 aromatic carbocycles. The van der Waals surface area contributed by atoms with Gasteiger partial charge in [-0.15, -0.1) is 0 Å². The van der Waals surface area contributed by atoms with Crippen LogP contribution in [0.25, 0.3) is 22.6 Å². The van der Waals surface area contributed by atoms with Crippen molar-refractivity contribution in [1.82, 2.24) is 29.9 Å². The Morgan fingerprint density at radius 2 is 0.750 bits per heavy atom. The van der Waals surface area contributed by atoms with Crippen LogP contribution in [-0.2, 0) is 0 Å². The number of pyridine rings is 2. The second kappa shape index (κ2) is 6.12. The molecule has 3 aromatic heterocycles. The molecule has 0 unspecified atom stereocenters. The minimum Gasteiger partial charge on any atom is -0.302 e. The maximum absolute atomic E-state index is 11.9. The maximum Gasteiger partial charge on any atom is 0.315 e. The van der Waals surface area contributed by atoms with Crippen LogP contribution in [0.4, 0.5) is 0 Å². The van der Waals surface area contributed by atoms with Crippen molar-refractivity contribution in [3.05, 3.63) is 77.8 Å². The van der Waals surface area contributed by atoms with E-state index in [-0.39, 0.29) is 22.6 Å². The highest BCUT2D eigenvalue weighted by Gasteiger charge is 1.94. The predicted molar refractivity (Wildman–Crippen MR) is 86.0 cm³/mol. The van der Waals surface area contributed by atoms with Gasteiger partial charge < -0.3 is 19.9 Å². The Bertz CT molecular complexity index is 1060. The Hall–Kier alpha value is -3.82. The number of nitrogens with zero attached hydrogens (tertiary/aromatic N) is 2. The molecular formula is C14H10N6O4. The third-order valence-electron chi connectivity index (χ3n) is 2.88. The van der Waals surface area contributed by atoms with Crippen molar-refractivity contribution in [2.24, 2.45) is 0 Å². The number of aromatic nitrogens is 6. The fourth-order valence-corrected chi connectivity index (χ4v) is 1.84. The summed E-state index contributed by atoms with van der Waals surface area (Å²) in [5.74, 6) is 0. The Balaban J connectivity index is 2.58. The molecular weight excluding hydrogens is 316 g/mol. The molecule has 3 aromatic rings. The molecule has 0 saturated heterocycles. The number of hydrogen-bond acceptors (Lipinski definition) is 6. The topological polar surface area (TPSA) is 157 Å². The van der Waals surface area contributed by atoms with Gasteiger partial charge in [0.2, 0.25) is 0 Å². The predicted octanol–water partition coefficient (Wildman–Crippen LogP) is -0.777. The summed E-state index contributed by atoms with van der Waals surface area (Å²) >= 11 is 0. The molecule has 0 radical (unpaired) electrons. The molecule has 0 aliphatic rings. The van der Waals surface area contributed by atoms with Gasteiger partial charge >= 0.3 is 22.2 Å². The van der Waals surface area contributed by atoms with Crippen LogP contribution < -0.4 is 22.2 Å². The van der Waals surface area contributed by atoms with Crippen LogP contribution >= 0.6 is 0 Å². The average Bonchev–Trinajstić information content (AvgIpc) is 2.54. The summed E-state index contributed by atoms with van der Waals surface area (Å²) in [6.07, 6.45) is 0. The zero-order valence-electron chi connectivity index (χ0n) is 12.0. The second-order valence-electron chi connectivity index (χ2n) is 4.63. The van der Waals surface area contributed by atoms with Crippen molar-refractivity contribution in [2.75, 3.05) is 0 Å². The molecule has 120 valence electrons. The zero-order valence-corrected chi connectivity index (χ0v) is 12.0. The highest BCUT2D eigenvalue weighted by molar-refractivity contribution is 5.47. The summed E-state index contributed by atoms with van der Waals surface area (Å²) in [4.78, 5) is 64.4. The molecule has 4 N–H and O–H groups in total. The van der Waals surface area contributed by atoms with Gasteiger partial charge in [0, 0.05) is 0 Å². The van der Waals surface area contributed by atoms with Crippen LogP contribution in [0.15, 0.2) is 55.6 Å². The quantitative estimate of drug-likeness (QED) is 0.397. The zero-order chi connectivity index (χ0) is 17.1. The van der Waals surface area contributed by atoms with Crippen LogP contribution in [0, 0.1) is 0 Å². The molecule has 0 spiro atoms. The van der Waals surface area contributed by atoms with Gasteiger partial charge in [-0.2, -0.15) is 0 Å². The first-order valence-corrected chi connectivity index (χ1v) is 6.70. The van der Waals surface area contributed by atoms with Crippen molar-refractivity contribution >= 4 is 22.6 Å². The largest absolute Gasteiger partial charge is 0.315 e. The highest BCUT2D eigenvalue weighted by atomic mass is 16.2. The summed E-state index contributed by atoms with van der Waals surface area (Å²) in [7, 11) is 0. The molecule has 0 aliphatic carbocycles. The lowest BCUT2D eigenvalue weighted by Gasteiger charge is -1.90. The standard InChI is InChI=1S/C14H10N6O4/c21-11-13(23)19-9-5-2-6-10(16-9)20-14(24)12(22)18-8-4-1-3-7(15-8)17-11/h1-6H,(H2,15,17,18,21,22)(H2,16,19,20,23,24). The maximum atomic E-state index is 11.9. The molecule has 0 saturated carbocycles. The lowest BCUT2D eigenvalue weighted by atomic mass is 10.4. The number of aromatic amines is 4. The van der Waals surface area contributed by atoms with E-state index in [1.807, 2.05) is 0 Å². The van der Waals surface area contributed by atoms with E-state index < -0.39 is 22.2 Å². The average molecular weight is 326 g/mol. The molecule has 10 nitrogen and oxygen atoms in total. The van der Waals surface area contributed by atoms with E-state index in [0.717, 1.165) is 0 Å². The van der Waals surface area contributed by atoms with Crippen molar-refractivity contribution in [3.63, 3.8) is 0 Å². The molecule has 0 aliphatic heterocycles. The number of H-pyrrole nitrogens is 4. The van der Waals surface area contributed by atoms with Gasteiger partial charge in [0.05, 0.1) is 0 Å².